The summed E-state index contributed by atoms with van der Waals surface area (Å²) in [6.07, 6.45) is 3.99. The zero-order valence-corrected chi connectivity index (χ0v) is 22.7. The first kappa shape index (κ1) is 28.2. The Morgan fingerprint density at radius 3 is 2.65 bits per heavy atom. The van der Waals surface area contributed by atoms with Crippen LogP contribution in [0.1, 0.15) is 34.1 Å². The van der Waals surface area contributed by atoms with Crippen molar-refractivity contribution in [3.05, 3.63) is 71.0 Å². The van der Waals surface area contributed by atoms with Crippen LogP contribution in [0, 0.1) is 11.7 Å². The molecule has 0 bridgehead atoms. The number of amides is 1. The van der Waals surface area contributed by atoms with E-state index in [1.807, 2.05) is 6.92 Å². The molecule has 0 fully saturated rings. The van der Waals surface area contributed by atoms with Gasteiger partial charge in [0, 0.05) is 48.5 Å². The summed E-state index contributed by atoms with van der Waals surface area (Å²) >= 11 is 0. The van der Waals surface area contributed by atoms with Gasteiger partial charge in [0.2, 0.25) is 5.91 Å². The van der Waals surface area contributed by atoms with Gasteiger partial charge in [0.05, 0.1) is 11.9 Å². The summed E-state index contributed by atoms with van der Waals surface area (Å²) in [4.78, 5) is 30.7. The van der Waals surface area contributed by atoms with E-state index in [9.17, 15) is 14.0 Å². The van der Waals surface area contributed by atoms with E-state index in [-0.39, 0.29) is 29.6 Å². The van der Waals surface area contributed by atoms with E-state index in [4.69, 9.17) is 16.2 Å². The van der Waals surface area contributed by atoms with Gasteiger partial charge in [-0.2, -0.15) is 5.10 Å². The number of benzene rings is 1. The lowest BCUT2D eigenvalue weighted by Gasteiger charge is -2.26. The van der Waals surface area contributed by atoms with Gasteiger partial charge in [-0.15, -0.1) is 0 Å². The van der Waals surface area contributed by atoms with Gasteiger partial charge < -0.3 is 21.5 Å². The van der Waals surface area contributed by atoms with Crippen LogP contribution in [0.2, 0.25) is 0 Å². The van der Waals surface area contributed by atoms with Crippen molar-refractivity contribution < 1.29 is 13.9 Å². The van der Waals surface area contributed by atoms with E-state index in [1.54, 1.807) is 47.2 Å². The van der Waals surface area contributed by atoms with Crippen LogP contribution in [-0.4, -0.2) is 47.2 Å². The van der Waals surface area contributed by atoms with Crippen molar-refractivity contribution in [3.63, 3.8) is 0 Å². The summed E-state index contributed by atoms with van der Waals surface area (Å²) in [7, 11) is 0. The monoisotopic (exact) mass is 549 g/mol. The standard InChI is InChI=1S/C21H26FN5O2.C6H6N4O/c1-13(2)11-21(4,23)12-29-18-6-5-15(9-16(18)22)17-10-19(25-14(3)28)26-20-7-8-24-27(17)20;7-4-3-6(11)10-5(9-4)1-2-8-10/h5-10,13H,11-12,23H2,1-4H3,(H,25,26,28);1-3,8H,7H2/t21-;/m0./s1. The van der Waals surface area contributed by atoms with Crippen molar-refractivity contribution in [2.75, 3.05) is 17.7 Å². The first-order valence-corrected chi connectivity index (χ1v) is 12.6. The Morgan fingerprint density at radius 1 is 1.18 bits per heavy atom. The smallest absolute Gasteiger partial charge is 0.274 e. The molecular formula is C27H32FN9O3. The lowest BCUT2D eigenvalue weighted by atomic mass is 9.93. The topological polar surface area (TPSA) is 171 Å². The third-order valence-electron chi connectivity index (χ3n) is 5.72. The second-order valence-corrected chi connectivity index (χ2v) is 10.2. The van der Waals surface area contributed by atoms with E-state index in [0.29, 0.717) is 34.3 Å². The number of carbonyl (C=O) groups excluding carboxylic acids is 1. The number of carbonyl (C=O) groups is 1. The molecule has 210 valence electrons. The molecule has 6 N–H and O–H groups in total. The Labute approximate surface area is 229 Å². The number of hydrogen-bond acceptors (Lipinski definition) is 8. The number of nitrogens with zero attached hydrogens (tertiary/aromatic N) is 5. The number of hydrogen-bond donors (Lipinski definition) is 4. The van der Waals surface area contributed by atoms with Gasteiger partial charge in [-0.3, -0.25) is 14.7 Å². The Morgan fingerprint density at radius 2 is 1.95 bits per heavy atom. The SMILES string of the molecule is CC(=O)Nc1cc(-c2ccc(OC[C@@](C)(N)CC(C)C)c(F)c2)n2nccc2n1.Nc1cc(=O)n2[nH]ccc2n1. The lowest BCUT2D eigenvalue weighted by Crippen LogP contribution is -2.43. The number of aromatic nitrogens is 6. The van der Waals surface area contributed by atoms with E-state index in [2.05, 4.69) is 39.3 Å². The zero-order valence-electron chi connectivity index (χ0n) is 22.7. The van der Waals surface area contributed by atoms with Gasteiger partial charge >= 0.3 is 0 Å². The molecule has 5 aromatic rings. The quantitative estimate of drug-likeness (QED) is 0.240. The molecule has 13 heteroatoms. The average molecular weight is 550 g/mol. The van der Waals surface area contributed by atoms with Crippen molar-refractivity contribution in [3.8, 4) is 17.0 Å². The van der Waals surface area contributed by atoms with Crippen molar-refractivity contribution in [2.24, 2.45) is 11.7 Å². The van der Waals surface area contributed by atoms with Crippen LogP contribution in [0.15, 0.2) is 59.7 Å². The normalized spacial score (nSPS) is 12.7. The molecule has 4 aromatic heterocycles. The first-order valence-electron chi connectivity index (χ1n) is 12.6. The summed E-state index contributed by atoms with van der Waals surface area (Å²) in [6.45, 7) is 7.68. The highest BCUT2D eigenvalue weighted by atomic mass is 19.1. The fourth-order valence-corrected chi connectivity index (χ4v) is 4.32. The maximum absolute atomic E-state index is 14.7. The highest BCUT2D eigenvalue weighted by molar-refractivity contribution is 5.88. The van der Waals surface area contributed by atoms with Crippen LogP contribution in [0.3, 0.4) is 0 Å². The predicted molar refractivity (Wildman–Crippen MR) is 150 cm³/mol. The molecular weight excluding hydrogens is 517 g/mol. The summed E-state index contributed by atoms with van der Waals surface area (Å²) < 4.78 is 23.3. The molecule has 1 amide bonds. The van der Waals surface area contributed by atoms with E-state index in [1.165, 1.54) is 23.6 Å². The minimum absolute atomic E-state index is 0.141. The summed E-state index contributed by atoms with van der Waals surface area (Å²) in [6, 6.07) is 11.0. The molecule has 5 rings (SSSR count). The van der Waals surface area contributed by atoms with Crippen LogP contribution in [0.25, 0.3) is 22.6 Å². The molecule has 0 saturated heterocycles. The third-order valence-corrected chi connectivity index (χ3v) is 5.72. The number of H-pyrrole nitrogens is 1. The molecule has 1 atom stereocenters. The van der Waals surface area contributed by atoms with E-state index in [0.717, 1.165) is 6.42 Å². The molecule has 1 aromatic carbocycles. The Bertz CT molecular complexity index is 1700. The second kappa shape index (κ2) is 11.5. The highest BCUT2D eigenvalue weighted by Gasteiger charge is 2.22. The van der Waals surface area contributed by atoms with Gasteiger partial charge in [0.1, 0.15) is 18.2 Å². The molecule has 40 heavy (non-hydrogen) atoms. The second-order valence-electron chi connectivity index (χ2n) is 10.2. The number of nitrogens with two attached hydrogens (primary N) is 2. The molecule has 0 unspecified atom stereocenters. The Balaban J connectivity index is 0.000000278. The number of nitrogen functional groups attached to an aromatic ring is 1. The minimum atomic E-state index is -0.543. The summed E-state index contributed by atoms with van der Waals surface area (Å²) in [5.41, 5.74) is 13.1. The predicted octanol–water partition coefficient (Wildman–Crippen LogP) is 3.24. The van der Waals surface area contributed by atoms with Crippen molar-refractivity contribution in [1.29, 1.82) is 0 Å². The van der Waals surface area contributed by atoms with Crippen molar-refractivity contribution >= 4 is 28.8 Å². The fraction of sp³-hybridized carbons (Fsp3) is 0.296. The molecule has 0 saturated carbocycles. The van der Waals surface area contributed by atoms with Crippen LogP contribution in [-0.2, 0) is 4.79 Å². The number of ether oxygens (including phenoxy) is 1. The Kier molecular flexibility index (Phi) is 8.14. The van der Waals surface area contributed by atoms with Gasteiger partial charge in [0.25, 0.3) is 5.56 Å². The van der Waals surface area contributed by atoms with E-state index < -0.39 is 11.4 Å². The third kappa shape index (κ3) is 6.80. The maximum atomic E-state index is 14.7. The molecule has 0 aliphatic carbocycles. The first-order chi connectivity index (χ1) is 18.9. The zero-order chi connectivity index (χ0) is 29.0. The van der Waals surface area contributed by atoms with E-state index >= 15 is 0 Å². The van der Waals surface area contributed by atoms with Gasteiger partial charge in [-0.25, -0.2) is 23.4 Å². The van der Waals surface area contributed by atoms with Gasteiger partial charge in [-0.1, -0.05) is 13.8 Å². The van der Waals surface area contributed by atoms with Crippen molar-refractivity contribution in [1.82, 2.24) is 29.2 Å². The molecule has 4 heterocycles. The minimum Gasteiger partial charge on any atom is -0.489 e. The van der Waals surface area contributed by atoms with Crippen LogP contribution < -0.4 is 27.1 Å². The fourth-order valence-electron chi connectivity index (χ4n) is 4.32. The number of rotatable bonds is 7. The molecule has 0 aliphatic rings. The number of nitrogens with one attached hydrogen (secondary N) is 2. The average Bonchev–Trinajstić information content (AvgIpc) is 3.51. The number of fused-ring (bicyclic) bond motifs is 2. The van der Waals surface area contributed by atoms with Crippen LogP contribution in [0.5, 0.6) is 5.75 Å². The number of anilines is 2. The molecule has 0 aliphatic heterocycles. The van der Waals surface area contributed by atoms with Gasteiger partial charge in [0.15, 0.2) is 22.9 Å². The summed E-state index contributed by atoms with van der Waals surface area (Å²) in [5, 5.41) is 9.59. The van der Waals surface area contributed by atoms with Crippen LogP contribution >= 0.6 is 0 Å². The molecule has 0 radical (unpaired) electrons. The largest absolute Gasteiger partial charge is 0.489 e. The number of halogens is 1. The molecule has 0 spiro atoms. The summed E-state index contributed by atoms with van der Waals surface area (Å²) in [5.74, 6) is 0.432. The van der Waals surface area contributed by atoms with Gasteiger partial charge in [-0.05, 0) is 37.5 Å². The van der Waals surface area contributed by atoms with Crippen molar-refractivity contribution in [2.45, 2.75) is 39.7 Å². The Hall–Kier alpha value is -4.78. The molecule has 12 nitrogen and oxygen atoms in total. The lowest BCUT2D eigenvalue weighted by molar-refractivity contribution is -0.114. The van der Waals surface area contributed by atoms with Crippen LogP contribution in [0.4, 0.5) is 16.0 Å². The highest BCUT2D eigenvalue weighted by Crippen LogP contribution is 2.28. The maximum Gasteiger partial charge on any atom is 0.274 e. The number of aromatic amines is 1.